The molecule has 1 fully saturated rings. The number of rotatable bonds is 4. The highest BCUT2D eigenvalue weighted by Crippen LogP contribution is 2.27. The molecule has 0 bridgehead atoms. The van der Waals surface area contributed by atoms with E-state index in [4.69, 9.17) is 5.73 Å². The molecule has 0 saturated carbocycles. The summed E-state index contributed by atoms with van der Waals surface area (Å²) in [5.41, 5.74) is 6.78. The van der Waals surface area contributed by atoms with E-state index in [1.54, 1.807) is 12.1 Å². The summed E-state index contributed by atoms with van der Waals surface area (Å²) in [7, 11) is 0. The largest absolute Gasteiger partial charge is 0.369 e. The quantitative estimate of drug-likeness (QED) is 0.893. The van der Waals surface area contributed by atoms with Crippen molar-refractivity contribution in [2.75, 3.05) is 18.0 Å². The van der Waals surface area contributed by atoms with Gasteiger partial charge in [0, 0.05) is 25.2 Å². The number of amides is 1. The van der Waals surface area contributed by atoms with Gasteiger partial charge in [0.25, 0.3) is 0 Å². The van der Waals surface area contributed by atoms with Gasteiger partial charge in [-0.15, -0.1) is 0 Å². The number of benzene rings is 1. The third-order valence-electron chi connectivity index (χ3n) is 3.77. The van der Waals surface area contributed by atoms with Crippen LogP contribution in [0.2, 0.25) is 0 Å². The van der Waals surface area contributed by atoms with Crippen LogP contribution in [0.5, 0.6) is 0 Å². The summed E-state index contributed by atoms with van der Waals surface area (Å²) in [4.78, 5) is 13.1. The van der Waals surface area contributed by atoms with Crippen LogP contribution in [-0.2, 0) is 11.3 Å². The van der Waals surface area contributed by atoms with Crippen molar-refractivity contribution in [1.82, 2.24) is 5.32 Å². The first kappa shape index (κ1) is 15.8. The highest BCUT2D eigenvalue weighted by Gasteiger charge is 2.28. The van der Waals surface area contributed by atoms with Crippen LogP contribution in [-0.4, -0.2) is 24.5 Å². The lowest BCUT2D eigenvalue weighted by Crippen LogP contribution is -2.35. The lowest BCUT2D eigenvalue weighted by atomic mass is 10.1. The molecule has 0 aliphatic carbocycles. The summed E-state index contributed by atoms with van der Waals surface area (Å²) in [6, 6.07) is 5.28. The van der Waals surface area contributed by atoms with Gasteiger partial charge >= 0.3 is 0 Å². The summed E-state index contributed by atoms with van der Waals surface area (Å²) in [5.74, 6) is -0.719. The van der Waals surface area contributed by atoms with E-state index in [0.717, 1.165) is 5.56 Å². The Morgan fingerprint density at radius 1 is 1.48 bits per heavy atom. The highest BCUT2D eigenvalue weighted by molar-refractivity contribution is 5.78. The second-order valence-electron chi connectivity index (χ2n) is 6.72. The molecule has 1 aromatic rings. The van der Waals surface area contributed by atoms with Gasteiger partial charge in [0.15, 0.2) is 0 Å². The van der Waals surface area contributed by atoms with Crippen LogP contribution in [0.3, 0.4) is 0 Å². The van der Waals surface area contributed by atoms with Crippen molar-refractivity contribution in [3.8, 4) is 0 Å². The van der Waals surface area contributed by atoms with E-state index in [-0.39, 0.29) is 23.2 Å². The molecule has 1 saturated heterocycles. The normalized spacial score (nSPS) is 19.0. The lowest BCUT2D eigenvalue weighted by molar-refractivity contribution is -0.121. The van der Waals surface area contributed by atoms with Crippen LogP contribution in [0.1, 0.15) is 32.8 Å². The standard InChI is InChI=1S/C16H24FN3O/c1-16(2,3)19-9-11-4-5-14(13(17)8-11)20-7-6-12(10-20)15(18)21/h4-5,8,12,19H,6-7,9-10H2,1-3H3,(H2,18,21). The molecule has 1 aliphatic heterocycles. The molecule has 2 rings (SSSR count). The number of nitrogens with zero attached hydrogens (tertiary/aromatic N) is 1. The monoisotopic (exact) mass is 293 g/mol. The smallest absolute Gasteiger partial charge is 0.222 e. The maximum atomic E-state index is 14.3. The van der Waals surface area contributed by atoms with Gasteiger partial charge in [-0.25, -0.2) is 4.39 Å². The van der Waals surface area contributed by atoms with Crippen LogP contribution >= 0.6 is 0 Å². The number of carbonyl (C=O) groups is 1. The molecule has 1 heterocycles. The lowest BCUT2D eigenvalue weighted by Gasteiger charge is -2.22. The second kappa shape index (κ2) is 6.02. The summed E-state index contributed by atoms with van der Waals surface area (Å²) in [5, 5.41) is 3.33. The first-order valence-corrected chi connectivity index (χ1v) is 7.34. The molecular formula is C16H24FN3O. The molecule has 0 radical (unpaired) electrons. The summed E-state index contributed by atoms with van der Waals surface area (Å²) < 4.78 is 14.3. The zero-order valence-electron chi connectivity index (χ0n) is 12.9. The number of nitrogens with one attached hydrogen (secondary N) is 1. The topological polar surface area (TPSA) is 58.4 Å². The van der Waals surface area contributed by atoms with E-state index in [9.17, 15) is 9.18 Å². The van der Waals surface area contributed by atoms with Gasteiger partial charge in [-0.2, -0.15) is 0 Å². The average molecular weight is 293 g/mol. The minimum Gasteiger partial charge on any atom is -0.369 e. The fourth-order valence-corrected chi connectivity index (χ4v) is 2.50. The van der Waals surface area contributed by atoms with Gasteiger partial charge in [0.2, 0.25) is 5.91 Å². The maximum absolute atomic E-state index is 14.3. The van der Waals surface area contributed by atoms with Gasteiger partial charge in [-0.05, 0) is 44.9 Å². The molecule has 1 aromatic carbocycles. The fourth-order valence-electron chi connectivity index (χ4n) is 2.50. The highest BCUT2D eigenvalue weighted by atomic mass is 19.1. The number of hydrogen-bond donors (Lipinski definition) is 2. The van der Waals surface area contributed by atoms with Crippen molar-refractivity contribution in [3.05, 3.63) is 29.6 Å². The van der Waals surface area contributed by atoms with Crippen molar-refractivity contribution >= 4 is 11.6 Å². The molecule has 1 atom stereocenters. The van der Waals surface area contributed by atoms with Crippen LogP contribution in [0, 0.1) is 11.7 Å². The predicted molar refractivity (Wildman–Crippen MR) is 82.5 cm³/mol. The molecule has 5 heteroatoms. The summed E-state index contributed by atoms with van der Waals surface area (Å²) >= 11 is 0. The van der Waals surface area contributed by atoms with E-state index in [0.29, 0.717) is 31.7 Å². The molecule has 21 heavy (non-hydrogen) atoms. The number of primary amides is 1. The van der Waals surface area contributed by atoms with Crippen molar-refractivity contribution in [3.63, 3.8) is 0 Å². The van der Waals surface area contributed by atoms with Crippen molar-refractivity contribution in [2.24, 2.45) is 11.7 Å². The number of nitrogens with two attached hydrogens (primary N) is 1. The average Bonchev–Trinajstić information content (AvgIpc) is 2.85. The Labute approximate surface area is 125 Å². The Bertz CT molecular complexity index is 525. The van der Waals surface area contributed by atoms with Gasteiger partial charge in [-0.3, -0.25) is 4.79 Å². The molecular weight excluding hydrogens is 269 g/mol. The van der Waals surface area contributed by atoms with E-state index >= 15 is 0 Å². The third-order valence-corrected chi connectivity index (χ3v) is 3.77. The van der Waals surface area contributed by atoms with Crippen LogP contribution < -0.4 is 16.0 Å². The summed E-state index contributed by atoms with van der Waals surface area (Å²) in [6.07, 6.45) is 0.697. The number of halogens is 1. The van der Waals surface area contributed by atoms with Crippen molar-refractivity contribution < 1.29 is 9.18 Å². The molecule has 0 aromatic heterocycles. The van der Waals surface area contributed by atoms with Crippen molar-refractivity contribution in [2.45, 2.75) is 39.3 Å². The first-order chi connectivity index (χ1) is 9.76. The van der Waals surface area contributed by atoms with Gasteiger partial charge in [-0.1, -0.05) is 6.07 Å². The van der Waals surface area contributed by atoms with E-state index in [1.807, 2.05) is 11.0 Å². The third kappa shape index (κ3) is 4.17. The van der Waals surface area contributed by atoms with Crippen LogP contribution in [0.25, 0.3) is 0 Å². The Kier molecular flexibility index (Phi) is 4.52. The summed E-state index contributed by atoms with van der Waals surface area (Å²) in [6.45, 7) is 8.03. The molecule has 4 nitrogen and oxygen atoms in total. The van der Waals surface area contributed by atoms with Gasteiger partial charge < -0.3 is 16.0 Å². The van der Waals surface area contributed by atoms with Gasteiger partial charge in [0.1, 0.15) is 5.82 Å². The van der Waals surface area contributed by atoms with Crippen LogP contribution in [0.15, 0.2) is 18.2 Å². The Hall–Kier alpha value is -1.62. The van der Waals surface area contributed by atoms with Crippen molar-refractivity contribution in [1.29, 1.82) is 0 Å². The molecule has 116 valence electrons. The molecule has 1 unspecified atom stereocenters. The second-order valence-corrected chi connectivity index (χ2v) is 6.72. The Balaban J connectivity index is 2.04. The number of hydrogen-bond acceptors (Lipinski definition) is 3. The SMILES string of the molecule is CC(C)(C)NCc1ccc(N2CCC(C(N)=O)C2)c(F)c1. The Morgan fingerprint density at radius 2 is 2.19 bits per heavy atom. The maximum Gasteiger partial charge on any atom is 0.222 e. The minimum atomic E-state index is -0.302. The zero-order valence-corrected chi connectivity index (χ0v) is 12.9. The predicted octanol–water partition coefficient (Wildman–Crippen LogP) is 2.03. The number of carbonyl (C=O) groups excluding carboxylic acids is 1. The fraction of sp³-hybridized carbons (Fsp3) is 0.562. The number of anilines is 1. The van der Waals surface area contributed by atoms with Gasteiger partial charge in [0.05, 0.1) is 11.6 Å². The molecule has 0 spiro atoms. The first-order valence-electron chi connectivity index (χ1n) is 7.34. The molecule has 3 N–H and O–H groups in total. The van der Waals surface area contributed by atoms with E-state index in [2.05, 4.69) is 26.1 Å². The Morgan fingerprint density at radius 3 is 2.71 bits per heavy atom. The van der Waals surface area contributed by atoms with Crippen LogP contribution in [0.4, 0.5) is 10.1 Å². The van der Waals surface area contributed by atoms with E-state index < -0.39 is 0 Å². The molecule has 1 aliphatic rings. The zero-order chi connectivity index (χ0) is 15.6. The minimum absolute atomic E-state index is 0.00118. The molecule has 1 amide bonds. The van der Waals surface area contributed by atoms with E-state index in [1.165, 1.54) is 0 Å².